The molecule has 132 valence electrons. The normalized spacial score (nSPS) is 11.0. The van der Waals surface area contributed by atoms with Crippen molar-refractivity contribution in [3.8, 4) is 5.69 Å². The van der Waals surface area contributed by atoms with Crippen molar-refractivity contribution in [2.75, 3.05) is 0 Å². The molecule has 2 N–H and O–H groups in total. The fourth-order valence-corrected chi connectivity index (χ4v) is 2.72. The maximum absolute atomic E-state index is 12.6. The molecule has 0 aliphatic heterocycles. The number of H-pyrrole nitrogens is 1. The molecule has 1 amide bonds. The molecular formula is C19H17BrN4O2. The second-order valence-corrected chi connectivity index (χ2v) is 6.64. The lowest BCUT2D eigenvalue weighted by atomic mass is 10.2. The van der Waals surface area contributed by atoms with Crippen molar-refractivity contribution < 1.29 is 4.79 Å². The topological polar surface area (TPSA) is 79.2 Å². The predicted molar refractivity (Wildman–Crippen MR) is 105 cm³/mol. The third-order valence-corrected chi connectivity index (χ3v) is 4.80. The molecule has 0 atom stereocenters. The zero-order valence-electron chi connectivity index (χ0n) is 14.3. The second kappa shape index (κ2) is 7.53. The summed E-state index contributed by atoms with van der Waals surface area (Å²) in [6.45, 7) is 3.74. The van der Waals surface area contributed by atoms with Crippen LogP contribution >= 0.6 is 15.9 Å². The van der Waals surface area contributed by atoms with Crippen LogP contribution in [0.5, 0.6) is 0 Å². The third-order valence-electron chi connectivity index (χ3n) is 3.91. The Hall–Kier alpha value is -2.93. The first kappa shape index (κ1) is 17.9. The molecular weight excluding hydrogens is 396 g/mol. The van der Waals surface area contributed by atoms with Crippen LogP contribution in [0.15, 0.2) is 62.9 Å². The van der Waals surface area contributed by atoms with Gasteiger partial charge in [-0.25, -0.2) is 10.1 Å². The number of amides is 1. The van der Waals surface area contributed by atoms with Gasteiger partial charge in [-0.2, -0.15) is 5.10 Å². The summed E-state index contributed by atoms with van der Waals surface area (Å²) in [6.07, 6.45) is 1.36. The molecule has 0 fully saturated rings. The zero-order chi connectivity index (χ0) is 18.7. The van der Waals surface area contributed by atoms with E-state index in [1.54, 1.807) is 31.2 Å². The van der Waals surface area contributed by atoms with Crippen LogP contribution in [0.2, 0.25) is 0 Å². The molecule has 3 rings (SSSR count). The fraction of sp³-hybridized carbons (Fsp3) is 0.105. The summed E-state index contributed by atoms with van der Waals surface area (Å²) in [7, 11) is 0. The molecule has 26 heavy (non-hydrogen) atoms. The lowest BCUT2D eigenvalue weighted by Crippen LogP contribution is -2.20. The van der Waals surface area contributed by atoms with E-state index in [1.165, 1.54) is 10.9 Å². The van der Waals surface area contributed by atoms with Crippen molar-refractivity contribution >= 4 is 28.1 Å². The molecule has 0 aliphatic rings. The van der Waals surface area contributed by atoms with Crippen molar-refractivity contribution in [3.63, 3.8) is 0 Å². The number of carbonyl (C=O) groups is 1. The van der Waals surface area contributed by atoms with Gasteiger partial charge < -0.3 is 0 Å². The van der Waals surface area contributed by atoms with Gasteiger partial charge in [0.15, 0.2) is 0 Å². The van der Waals surface area contributed by atoms with Gasteiger partial charge in [-0.1, -0.05) is 34.1 Å². The molecule has 6 nitrogen and oxygen atoms in total. The molecule has 1 heterocycles. The summed E-state index contributed by atoms with van der Waals surface area (Å²) < 4.78 is 2.43. The van der Waals surface area contributed by atoms with Gasteiger partial charge in [0.05, 0.1) is 17.5 Å². The number of aromatic nitrogens is 2. The zero-order valence-corrected chi connectivity index (χ0v) is 15.9. The average Bonchev–Trinajstić information content (AvgIpc) is 2.93. The average molecular weight is 413 g/mol. The van der Waals surface area contributed by atoms with Crippen molar-refractivity contribution in [1.82, 2.24) is 15.2 Å². The minimum atomic E-state index is -0.334. The number of nitrogens with zero attached hydrogens (tertiary/aromatic N) is 2. The van der Waals surface area contributed by atoms with Crippen molar-refractivity contribution in [3.05, 3.63) is 85.7 Å². The van der Waals surface area contributed by atoms with Gasteiger partial charge in [-0.15, -0.1) is 0 Å². The van der Waals surface area contributed by atoms with Crippen LogP contribution < -0.4 is 11.0 Å². The summed E-state index contributed by atoms with van der Waals surface area (Å²) in [4.78, 5) is 24.6. The Morgan fingerprint density at radius 2 is 1.92 bits per heavy atom. The van der Waals surface area contributed by atoms with Crippen molar-refractivity contribution in [2.24, 2.45) is 5.10 Å². The number of hydrazone groups is 1. The Balaban J connectivity index is 1.83. The second-order valence-electron chi connectivity index (χ2n) is 5.79. The van der Waals surface area contributed by atoms with E-state index in [1.807, 2.05) is 31.2 Å². The van der Waals surface area contributed by atoms with E-state index in [0.29, 0.717) is 16.8 Å². The Labute approximate surface area is 158 Å². The minimum Gasteiger partial charge on any atom is -0.295 e. The number of carbonyl (C=O) groups excluding carboxylic acids is 1. The number of halogens is 1. The largest absolute Gasteiger partial charge is 0.295 e. The van der Waals surface area contributed by atoms with Gasteiger partial charge in [-0.05, 0) is 49.7 Å². The summed E-state index contributed by atoms with van der Waals surface area (Å²) in [5.41, 5.74) is 5.49. The van der Waals surface area contributed by atoms with Crippen LogP contribution in [0, 0.1) is 13.8 Å². The summed E-state index contributed by atoms with van der Waals surface area (Å²) in [5, 5.41) is 6.94. The van der Waals surface area contributed by atoms with Crippen molar-refractivity contribution in [1.29, 1.82) is 0 Å². The van der Waals surface area contributed by atoms with Crippen LogP contribution in [0.4, 0.5) is 0 Å². The van der Waals surface area contributed by atoms with E-state index in [9.17, 15) is 9.59 Å². The Morgan fingerprint density at radius 3 is 2.62 bits per heavy atom. The van der Waals surface area contributed by atoms with Gasteiger partial charge >= 0.3 is 0 Å². The summed E-state index contributed by atoms with van der Waals surface area (Å²) >= 11 is 3.45. The summed E-state index contributed by atoms with van der Waals surface area (Å²) in [6, 6.07) is 14.4. The first-order valence-corrected chi connectivity index (χ1v) is 8.73. The monoisotopic (exact) mass is 412 g/mol. The highest BCUT2D eigenvalue weighted by atomic mass is 79.9. The molecule has 2 aromatic carbocycles. The number of aryl methyl sites for hydroxylation is 2. The van der Waals surface area contributed by atoms with E-state index >= 15 is 0 Å². The standard InChI is InChI=1S/C19H17BrN4O2/c1-12-10-15(8-9-17(12)20)24-19(26)16(13(2)23-24)11-21-22-18(25)14-6-4-3-5-7-14/h3-11,23H,1-2H3,(H,22,25). The lowest BCUT2D eigenvalue weighted by molar-refractivity contribution is 0.0955. The van der Waals surface area contributed by atoms with Gasteiger partial charge in [0, 0.05) is 15.7 Å². The van der Waals surface area contributed by atoms with Crippen LogP contribution in [0.25, 0.3) is 5.69 Å². The van der Waals surface area contributed by atoms with Crippen molar-refractivity contribution in [2.45, 2.75) is 13.8 Å². The molecule has 1 aromatic heterocycles. The highest BCUT2D eigenvalue weighted by Crippen LogP contribution is 2.18. The number of benzene rings is 2. The molecule has 0 spiro atoms. The first-order chi connectivity index (χ1) is 12.5. The van der Waals surface area contributed by atoms with E-state index in [0.717, 1.165) is 15.7 Å². The molecule has 0 bridgehead atoms. The Kier molecular flexibility index (Phi) is 5.18. The predicted octanol–water partition coefficient (Wildman–Crippen LogP) is 3.31. The number of hydrogen-bond donors (Lipinski definition) is 2. The maximum Gasteiger partial charge on any atom is 0.280 e. The molecule has 0 saturated carbocycles. The maximum atomic E-state index is 12.6. The van der Waals surface area contributed by atoms with Crippen LogP contribution in [-0.4, -0.2) is 21.9 Å². The molecule has 0 unspecified atom stereocenters. The summed E-state index contributed by atoms with van der Waals surface area (Å²) in [5.74, 6) is -0.334. The Bertz CT molecular complexity index is 1040. The molecule has 0 radical (unpaired) electrons. The lowest BCUT2D eigenvalue weighted by Gasteiger charge is -2.04. The highest BCUT2D eigenvalue weighted by Gasteiger charge is 2.11. The molecule has 0 aliphatic carbocycles. The number of nitrogens with one attached hydrogen (secondary N) is 2. The SMILES string of the molecule is Cc1cc(-n2[nH]c(C)c(C=NNC(=O)c3ccccc3)c2=O)ccc1Br. The molecule has 7 heteroatoms. The van der Waals surface area contributed by atoms with Crippen LogP contribution in [0.1, 0.15) is 27.2 Å². The van der Waals surface area contributed by atoms with Gasteiger partial charge in [0.2, 0.25) is 0 Å². The third kappa shape index (κ3) is 3.67. The van der Waals surface area contributed by atoms with Gasteiger partial charge in [0.25, 0.3) is 11.5 Å². The quantitative estimate of drug-likeness (QED) is 0.509. The smallest absolute Gasteiger partial charge is 0.280 e. The van der Waals surface area contributed by atoms with E-state index in [4.69, 9.17) is 0 Å². The van der Waals surface area contributed by atoms with Gasteiger partial charge in [-0.3, -0.25) is 14.7 Å². The van der Waals surface area contributed by atoms with E-state index in [2.05, 4.69) is 31.6 Å². The van der Waals surface area contributed by atoms with E-state index < -0.39 is 0 Å². The van der Waals surface area contributed by atoms with Gasteiger partial charge in [0.1, 0.15) is 0 Å². The number of hydrogen-bond acceptors (Lipinski definition) is 3. The van der Waals surface area contributed by atoms with Crippen LogP contribution in [0.3, 0.4) is 0 Å². The van der Waals surface area contributed by atoms with E-state index in [-0.39, 0.29) is 11.5 Å². The Morgan fingerprint density at radius 1 is 1.19 bits per heavy atom. The number of aromatic amines is 1. The fourth-order valence-electron chi connectivity index (χ4n) is 2.47. The minimum absolute atomic E-state index is 0.234. The molecule has 0 saturated heterocycles. The van der Waals surface area contributed by atoms with Crippen LogP contribution in [-0.2, 0) is 0 Å². The first-order valence-electron chi connectivity index (χ1n) is 7.94. The number of rotatable bonds is 4. The molecule has 3 aromatic rings. The highest BCUT2D eigenvalue weighted by molar-refractivity contribution is 9.10.